The van der Waals surface area contributed by atoms with Crippen LogP contribution in [0.2, 0.25) is 0 Å². The standard InChI is InChI=1S/C19H20N6O3S/c20-24-22-11-15-17(26)18(27-12-13-7-3-1-4-8-13)16(23-25-21)19(28-15)29-14-9-5-2-6-10-14/h1-10,15-19,26H,11-12H2/t15-,16-,17-,18-,19?/m1/s1. The second kappa shape index (κ2) is 10.7. The zero-order chi connectivity index (χ0) is 20.5. The van der Waals surface area contributed by atoms with Crippen LogP contribution in [0.4, 0.5) is 0 Å². The summed E-state index contributed by atoms with van der Waals surface area (Å²) in [6.45, 7) is 0.175. The minimum absolute atomic E-state index is 0.0578. The Morgan fingerprint density at radius 3 is 2.38 bits per heavy atom. The Morgan fingerprint density at radius 2 is 1.72 bits per heavy atom. The summed E-state index contributed by atoms with van der Waals surface area (Å²) in [5.74, 6) is 0. The lowest BCUT2D eigenvalue weighted by Gasteiger charge is -2.42. The summed E-state index contributed by atoms with van der Waals surface area (Å²) in [4.78, 5) is 6.60. The van der Waals surface area contributed by atoms with Crippen LogP contribution in [0.25, 0.3) is 20.9 Å². The lowest BCUT2D eigenvalue weighted by atomic mass is 9.98. The zero-order valence-electron chi connectivity index (χ0n) is 15.4. The van der Waals surface area contributed by atoms with E-state index >= 15 is 0 Å². The minimum atomic E-state index is -1.12. The molecule has 0 bridgehead atoms. The normalized spacial score (nSPS) is 26.2. The smallest absolute Gasteiger partial charge is 0.119 e. The monoisotopic (exact) mass is 412 g/mol. The van der Waals surface area contributed by atoms with Gasteiger partial charge in [0.2, 0.25) is 0 Å². The van der Waals surface area contributed by atoms with Gasteiger partial charge in [0.25, 0.3) is 0 Å². The van der Waals surface area contributed by atoms with Crippen molar-refractivity contribution in [2.45, 2.75) is 41.3 Å². The van der Waals surface area contributed by atoms with E-state index in [0.29, 0.717) is 0 Å². The van der Waals surface area contributed by atoms with E-state index in [1.165, 1.54) is 11.8 Å². The molecule has 1 unspecified atom stereocenters. The van der Waals surface area contributed by atoms with Gasteiger partial charge in [-0.25, -0.2) is 0 Å². The first-order valence-electron chi connectivity index (χ1n) is 8.98. The van der Waals surface area contributed by atoms with E-state index in [1.54, 1.807) is 0 Å². The highest BCUT2D eigenvalue weighted by Crippen LogP contribution is 2.36. The molecule has 0 radical (unpaired) electrons. The van der Waals surface area contributed by atoms with Gasteiger partial charge in [0.15, 0.2) is 0 Å². The van der Waals surface area contributed by atoms with Crippen LogP contribution in [0.15, 0.2) is 75.8 Å². The van der Waals surface area contributed by atoms with Gasteiger partial charge < -0.3 is 14.6 Å². The highest BCUT2D eigenvalue weighted by Gasteiger charge is 2.45. The fourth-order valence-corrected chi connectivity index (χ4v) is 4.17. The maximum atomic E-state index is 10.8. The molecule has 1 fully saturated rings. The summed E-state index contributed by atoms with van der Waals surface area (Å²) in [5.41, 5.74) is 18.1. The van der Waals surface area contributed by atoms with E-state index in [1.807, 2.05) is 60.7 Å². The molecular weight excluding hydrogens is 392 g/mol. The van der Waals surface area contributed by atoms with Crippen molar-refractivity contribution in [3.63, 3.8) is 0 Å². The van der Waals surface area contributed by atoms with Gasteiger partial charge in [-0.2, -0.15) is 0 Å². The topological polar surface area (TPSA) is 136 Å². The molecule has 2 aromatic rings. The Labute approximate surface area is 171 Å². The largest absolute Gasteiger partial charge is 0.388 e. The van der Waals surface area contributed by atoms with Crippen LogP contribution in [0.1, 0.15) is 5.56 Å². The van der Waals surface area contributed by atoms with Gasteiger partial charge in [-0.15, -0.1) is 0 Å². The summed E-state index contributed by atoms with van der Waals surface area (Å²) in [5, 5.41) is 18.2. The van der Waals surface area contributed by atoms with Crippen LogP contribution >= 0.6 is 11.8 Å². The molecule has 0 spiro atoms. The van der Waals surface area contributed by atoms with Crippen molar-refractivity contribution in [1.29, 1.82) is 0 Å². The summed E-state index contributed by atoms with van der Waals surface area (Å²) in [7, 11) is 0. The number of nitrogens with zero attached hydrogens (tertiary/aromatic N) is 6. The van der Waals surface area contributed by atoms with Crippen LogP contribution in [0, 0.1) is 0 Å². The third-order valence-electron chi connectivity index (χ3n) is 4.43. The van der Waals surface area contributed by atoms with E-state index in [4.69, 9.17) is 20.5 Å². The van der Waals surface area contributed by atoms with Crippen molar-refractivity contribution in [2.24, 2.45) is 10.2 Å². The first-order chi connectivity index (χ1) is 14.2. The Balaban J connectivity index is 1.85. The molecule has 0 saturated carbocycles. The molecule has 5 atom stereocenters. The lowest BCUT2D eigenvalue weighted by Crippen LogP contribution is -2.57. The molecule has 9 nitrogen and oxygen atoms in total. The Bertz CT molecular complexity index is 874. The second-order valence-corrected chi connectivity index (χ2v) is 7.51. The van der Waals surface area contributed by atoms with Crippen molar-refractivity contribution in [2.75, 3.05) is 6.54 Å². The van der Waals surface area contributed by atoms with Gasteiger partial charge in [0.1, 0.15) is 17.6 Å². The number of rotatable bonds is 8. The fraction of sp³-hybridized carbons (Fsp3) is 0.368. The summed E-state index contributed by atoms with van der Waals surface area (Å²) in [6.07, 6.45) is -2.72. The summed E-state index contributed by atoms with van der Waals surface area (Å²) in [6, 6.07) is 18.2. The van der Waals surface area contributed by atoms with Gasteiger partial charge in [-0.1, -0.05) is 70.5 Å². The van der Waals surface area contributed by atoms with Gasteiger partial charge in [-0.3, -0.25) is 0 Å². The molecule has 1 saturated heterocycles. The molecule has 0 amide bonds. The van der Waals surface area contributed by atoms with Gasteiger partial charge >= 0.3 is 0 Å². The molecule has 3 rings (SSSR count). The number of hydrogen-bond acceptors (Lipinski definition) is 6. The van der Waals surface area contributed by atoms with Gasteiger partial charge in [0, 0.05) is 14.7 Å². The van der Waals surface area contributed by atoms with Crippen molar-refractivity contribution in [3.8, 4) is 0 Å². The average molecular weight is 412 g/mol. The number of aliphatic hydroxyl groups is 1. The van der Waals surface area contributed by atoms with Crippen LogP contribution in [0.3, 0.4) is 0 Å². The van der Waals surface area contributed by atoms with Crippen molar-refractivity contribution in [3.05, 3.63) is 87.1 Å². The van der Waals surface area contributed by atoms with E-state index in [0.717, 1.165) is 10.5 Å². The first kappa shape index (κ1) is 21.0. The minimum Gasteiger partial charge on any atom is -0.388 e. The SMILES string of the molecule is [N-]=[N+]=NC[C@H]1OC(Sc2ccccc2)[C@H](N=[N+]=[N-])[C@@H](OCc2ccccc2)[C@@H]1O. The number of aliphatic hydroxyl groups excluding tert-OH is 1. The number of thioether (sulfide) groups is 1. The third-order valence-corrected chi connectivity index (χ3v) is 5.60. The number of ether oxygens (including phenoxy) is 2. The molecule has 1 aliphatic heterocycles. The molecule has 1 N–H and O–H groups in total. The van der Waals surface area contributed by atoms with E-state index in [-0.39, 0.29) is 13.2 Å². The molecule has 1 aliphatic rings. The maximum absolute atomic E-state index is 10.8. The molecule has 29 heavy (non-hydrogen) atoms. The molecule has 150 valence electrons. The molecular formula is C19H20N6O3S. The number of benzene rings is 2. The maximum Gasteiger partial charge on any atom is 0.119 e. The van der Waals surface area contributed by atoms with Gasteiger partial charge in [-0.05, 0) is 28.8 Å². The van der Waals surface area contributed by atoms with Crippen LogP contribution in [-0.4, -0.2) is 41.4 Å². The quantitative estimate of drug-likeness (QED) is 0.389. The Hall–Kier alpha value is -2.71. The van der Waals surface area contributed by atoms with Crippen LogP contribution in [-0.2, 0) is 16.1 Å². The first-order valence-corrected chi connectivity index (χ1v) is 9.86. The van der Waals surface area contributed by atoms with Crippen molar-refractivity contribution >= 4 is 11.8 Å². The third kappa shape index (κ3) is 5.65. The Morgan fingerprint density at radius 1 is 1.03 bits per heavy atom. The van der Waals surface area contributed by atoms with E-state index in [9.17, 15) is 5.11 Å². The number of azide groups is 2. The van der Waals surface area contributed by atoms with E-state index in [2.05, 4.69) is 20.1 Å². The Kier molecular flexibility index (Phi) is 7.77. The zero-order valence-corrected chi connectivity index (χ0v) is 16.2. The predicted octanol–water partition coefficient (Wildman–Crippen LogP) is 4.44. The highest BCUT2D eigenvalue weighted by molar-refractivity contribution is 7.99. The van der Waals surface area contributed by atoms with Gasteiger partial charge in [0.05, 0.1) is 25.4 Å². The number of hydrogen-bond donors (Lipinski definition) is 1. The summed E-state index contributed by atoms with van der Waals surface area (Å²) < 4.78 is 11.9. The van der Waals surface area contributed by atoms with Crippen molar-refractivity contribution in [1.82, 2.24) is 0 Å². The molecule has 2 aromatic carbocycles. The van der Waals surface area contributed by atoms with Crippen molar-refractivity contribution < 1.29 is 14.6 Å². The lowest BCUT2D eigenvalue weighted by molar-refractivity contribution is -0.172. The second-order valence-electron chi connectivity index (χ2n) is 6.33. The molecule has 10 heteroatoms. The van der Waals surface area contributed by atoms with E-state index < -0.39 is 29.8 Å². The van der Waals surface area contributed by atoms with Crippen LogP contribution < -0.4 is 0 Å². The predicted molar refractivity (Wildman–Crippen MR) is 109 cm³/mol. The average Bonchev–Trinajstić information content (AvgIpc) is 2.76. The summed E-state index contributed by atoms with van der Waals surface area (Å²) >= 11 is 1.36. The fourth-order valence-electron chi connectivity index (χ4n) is 3.04. The highest BCUT2D eigenvalue weighted by atomic mass is 32.2. The molecule has 1 heterocycles. The molecule has 0 aromatic heterocycles. The van der Waals surface area contributed by atoms with Crippen LogP contribution in [0.5, 0.6) is 0 Å². The molecule has 0 aliphatic carbocycles.